The molecule has 1 aliphatic rings. The first kappa shape index (κ1) is 19.7. The van der Waals surface area contributed by atoms with Crippen molar-refractivity contribution in [2.75, 3.05) is 23.8 Å². The average molecular weight is 401 g/mol. The van der Waals surface area contributed by atoms with Crippen molar-refractivity contribution in [1.29, 1.82) is 0 Å². The number of nitrogens with zero attached hydrogens (tertiary/aromatic N) is 3. The van der Waals surface area contributed by atoms with E-state index < -0.39 is 6.03 Å². The molecule has 0 fully saturated rings. The van der Waals surface area contributed by atoms with Gasteiger partial charge in [-0.15, -0.1) is 0 Å². The van der Waals surface area contributed by atoms with Crippen LogP contribution in [0.1, 0.15) is 23.2 Å². The fraction of sp³-hybridized carbons (Fsp3) is 0.217. The predicted molar refractivity (Wildman–Crippen MR) is 117 cm³/mol. The Bertz CT molecular complexity index is 1090. The number of aryl methyl sites for hydroxylation is 2. The van der Waals surface area contributed by atoms with Crippen molar-refractivity contribution in [3.8, 4) is 11.3 Å². The molecule has 7 nitrogen and oxygen atoms in total. The molecule has 0 aliphatic carbocycles. The Labute approximate surface area is 175 Å². The largest absolute Gasteiger partial charge is 0.377 e. The van der Waals surface area contributed by atoms with Gasteiger partial charge in [0.25, 0.3) is 0 Å². The molecule has 0 saturated carbocycles. The van der Waals surface area contributed by atoms with E-state index in [9.17, 15) is 4.79 Å². The highest BCUT2D eigenvalue weighted by Crippen LogP contribution is 2.28. The molecule has 0 saturated heterocycles. The molecule has 0 unspecified atom stereocenters. The maximum Gasteiger partial charge on any atom is 0.324 e. The van der Waals surface area contributed by atoms with Crippen LogP contribution in [0, 0.1) is 13.8 Å². The molecular formula is C23H23N5O2. The van der Waals surface area contributed by atoms with Crippen LogP contribution in [-0.2, 0) is 4.74 Å². The summed E-state index contributed by atoms with van der Waals surface area (Å²) in [4.78, 5) is 25.2. The van der Waals surface area contributed by atoms with E-state index in [4.69, 9.17) is 4.74 Å². The molecule has 2 aromatic heterocycles. The van der Waals surface area contributed by atoms with Crippen LogP contribution in [0.4, 0.5) is 16.3 Å². The molecule has 2 N–H and O–H groups in total. The topological polar surface area (TPSA) is 89.0 Å². The Hall–Kier alpha value is -3.58. The van der Waals surface area contributed by atoms with Gasteiger partial charge >= 0.3 is 6.03 Å². The first-order valence-corrected chi connectivity index (χ1v) is 9.79. The maximum atomic E-state index is 12.3. The van der Waals surface area contributed by atoms with Crippen molar-refractivity contribution in [1.82, 2.24) is 15.0 Å². The Morgan fingerprint density at radius 2 is 1.97 bits per heavy atom. The lowest BCUT2D eigenvalue weighted by Crippen LogP contribution is -2.20. The van der Waals surface area contributed by atoms with Gasteiger partial charge in [-0.1, -0.05) is 18.2 Å². The molecule has 0 atom stereocenters. The Morgan fingerprint density at radius 3 is 2.70 bits per heavy atom. The summed E-state index contributed by atoms with van der Waals surface area (Å²) < 4.78 is 5.40. The number of benzene rings is 1. The Morgan fingerprint density at radius 1 is 1.07 bits per heavy atom. The van der Waals surface area contributed by atoms with Gasteiger partial charge in [-0.2, -0.15) is 0 Å². The lowest BCUT2D eigenvalue weighted by Gasteiger charge is -2.16. The first-order chi connectivity index (χ1) is 14.6. The molecule has 0 spiro atoms. The normalized spacial score (nSPS) is 13.5. The number of urea groups is 1. The molecule has 7 heteroatoms. The summed E-state index contributed by atoms with van der Waals surface area (Å²) in [6.45, 7) is 5.40. The third kappa shape index (κ3) is 4.69. The van der Waals surface area contributed by atoms with Crippen LogP contribution in [0.2, 0.25) is 0 Å². The summed E-state index contributed by atoms with van der Waals surface area (Å²) in [5.41, 5.74) is 6.85. The third-order valence-electron chi connectivity index (χ3n) is 4.88. The third-order valence-corrected chi connectivity index (χ3v) is 4.88. The van der Waals surface area contributed by atoms with E-state index in [1.807, 2.05) is 19.1 Å². The fourth-order valence-corrected chi connectivity index (χ4v) is 3.34. The number of rotatable bonds is 4. The molecule has 3 aromatic rings. The predicted octanol–water partition coefficient (Wildman–Crippen LogP) is 4.60. The number of ether oxygens (including phenoxy) is 1. The van der Waals surface area contributed by atoms with E-state index in [0.717, 1.165) is 24.3 Å². The number of pyridine rings is 1. The van der Waals surface area contributed by atoms with Crippen molar-refractivity contribution in [3.63, 3.8) is 0 Å². The molecule has 0 radical (unpaired) electrons. The number of hydrogen-bond donors (Lipinski definition) is 2. The van der Waals surface area contributed by atoms with Crippen molar-refractivity contribution < 1.29 is 9.53 Å². The summed E-state index contributed by atoms with van der Waals surface area (Å²) >= 11 is 0. The lowest BCUT2D eigenvalue weighted by molar-refractivity contribution is 0.161. The van der Waals surface area contributed by atoms with Crippen molar-refractivity contribution in [3.05, 3.63) is 71.8 Å². The molecule has 0 bridgehead atoms. The number of carbonyl (C=O) groups excluding carboxylic acids is 1. The minimum absolute atomic E-state index is 0.374. The van der Waals surface area contributed by atoms with Crippen LogP contribution in [-0.4, -0.2) is 34.2 Å². The van der Waals surface area contributed by atoms with Crippen LogP contribution in [0.3, 0.4) is 0 Å². The minimum atomic E-state index is -0.398. The summed E-state index contributed by atoms with van der Waals surface area (Å²) in [6.07, 6.45) is 7.87. The van der Waals surface area contributed by atoms with Gasteiger partial charge in [-0.05, 0) is 55.2 Å². The van der Waals surface area contributed by atoms with E-state index >= 15 is 0 Å². The van der Waals surface area contributed by atoms with Crippen LogP contribution in [0.15, 0.2) is 55.0 Å². The van der Waals surface area contributed by atoms with E-state index in [1.165, 1.54) is 22.9 Å². The Balaban J connectivity index is 1.49. The smallest absolute Gasteiger partial charge is 0.324 e. The van der Waals surface area contributed by atoms with Gasteiger partial charge in [0.05, 0.1) is 43.2 Å². The van der Waals surface area contributed by atoms with E-state index in [-0.39, 0.29) is 0 Å². The number of nitrogens with one attached hydrogen (secondary N) is 2. The highest BCUT2D eigenvalue weighted by atomic mass is 16.5. The molecule has 3 heterocycles. The van der Waals surface area contributed by atoms with Crippen LogP contribution in [0.25, 0.3) is 16.8 Å². The van der Waals surface area contributed by atoms with Crippen molar-refractivity contribution in [2.45, 2.75) is 20.3 Å². The summed E-state index contributed by atoms with van der Waals surface area (Å²) in [7, 11) is 0. The van der Waals surface area contributed by atoms with Crippen LogP contribution < -0.4 is 10.6 Å². The van der Waals surface area contributed by atoms with Gasteiger partial charge in [0.1, 0.15) is 0 Å². The second kappa shape index (κ2) is 8.84. The van der Waals surface area contributed by atoms with Gasteiger partial charge in [-0.25, -0.2) is 9.78 Å². The lowest BCUT2D eigenvalue weighted by atomic mass is 9.95. The molecule has 4 rings (SSSR count). The highest BCUT2D eigenvalue weighted by molar-refractivity contribution is 5.99. The van der Waals surface area contributed by atoms with Crippen molar-refractivity contribution in [2.24, 2.45) is 0 Å². The van der Waals surface area contributed by atoms with E-state index in [0.29, 0.717) is 23.8 Å². The number of hydrogen-bond acceptors (Lipinski definition) is 5. The van der Waals surface area contributed by atoms with Gasteiger partial charge < -0.3 is 10.1 Å². The fourth-order valence-electron chi connectivity index (χ4n) is 3.34. The van der Waals surface area contributed by atoms with Gasteiger partial charge in [0, 0.05) is 11.3 Å². The Kier molecular flexibility index (Phi) is 5.81. The van der Waals surface area contributed by atoms with E-state index in [2.05, 4.69) is 50.7 Å². The number of amides is 2. The zero-order valence-corrected chi connectivity index (χ0v) is 17.0. The molecular weight excluding hydrogens is 378 g/mol. The zero-order valence-electron chi connectivity index (χ0n) is 17.0. The summed E-state index contributed by atoms with van der Waals surface area (Å²) in [6, 6.07) is 9.47. The minimum Gasteiger partial charge on any atom is -0.377 e. The molecule has 2 amide bonds. The van der Waals surface area contributed by atoms with E-state index in [1.54, 1.807) is 18.5 Å². The van der Waals surface area contributed by atoms with Crippen LogP contribution >= 0.6 is 0 Å². The second-order valence-corrected chi connectivity index (χ2v) is 7.14. The van der Waals surface area contributed by atoms with Gasteiger partial charge in [0.15, 0.2) is 5.82 Å². The van der Waals surface area contributed by atoms with Gasteiger partial charge in [-0.3, -0.25) is 15.3 Å². The molecule has 152 valence electrons. The second-order valence-electron chi connectivity index (χ2n) is 7.14. The average Bonchev–Trinajstić information content (AvgIpc) is 2.76. The van der Waals surface area contributed by atoms with Crippen LogP contribution in [0.5, 0.6) is 0 Å². The number of carbonyl (C=O) groups is 1. The number of aromatic nitrogens is 3. The molecule has 30 heavy (non-hydrogen) atoms. The standard InChI is InChI=1S/C23H23N5O2/c1-15-11-18(4-6-20(15)17-7-9-30-10-8-17)21-13-24-14-22(27-21)28-23(29)26-19-5-3-16(2)25-12-19/h3-7,11-14H,8-10H2,1-2H3,(H2,26,27,28,29). The quantitative estimate of drug-likeness (QED) is 0.667. The zero-order chi connectivity index (χ0) is 20.9. The summed E-state index contributed by atoms with van der Waals surface area (Å²) in [5, 5.41) is 5.45. The van der Waals surface area contributed by atoms with Crippen molar-refractivity contribution >= 4 is 23.1 Å². The highest BCUT2D eigenvalue weighted by Gasteiger charge is 2.11. The molecule has 1 aliphatic heterocycles. The monoisotopic (exact) mass is 401 g/mol. The number of anilines is 2. The van der Waals surface area contributed by atoms with Gasteiger partial charge in [0.2, 0.25) is 0 Å². The first-order valence-electron chi connectivity index (χ1n) is 9.79. The summed E-state index contributed by atoms with van der Waals surface area (Å²) in [5.74, 6) is 0.374. The maximum absolute atomic E-state index is 12.3. The SMILES string of the molecule is Cc1ccc(NC(=O)Nc2cncc(-c3ccc(C4=CCOCC4)c(C)c3)n2)cn1. The molecule has 1 aromatic carbocycles.